The molecule has 2 N–H and O–H groups in total. The average molecular weight is 314 g/mol. The molecule has 0 aliphatic rings. The molecule has 2 aromatic rings. The van der Waals surface area contributed by atoms with E-state index < -0.39 is 38.2 Å². The summed E-state index contributed by atoms with van der Waals surface area (Å²) in [4.78, 5) is 14.2. The van der Waals surface area contributed by atoms with Crippen molar-refractivity contribution in [3.8, 4) is 0 Å². The Bertz CT molecular complexity index is 809. The Labute approximate surface area is 118 Å². The molecular formula is C12H8F2N2O4S. The van der Waals surface area contributed by atoms with E-state index in [0.29, 0.717) is 0 Å². The van der Waals surface area contributed by atoms with Crippen molar-refractivity contribution in [3.63, 3.8) is 0 Å². The highest BCUT2D eigenvalue weighted by Gasteiger charge is 2.21. The van der Waals surface area contributed by atoms with Gasteiger partial charge in [-0.25, -0.2) is 18.6 Å². The summed E-state index contributed by atoms with van der Waals surface area (Å²) in [5.41, 5.74) is -0.935. The molecule has 0 aliphatic heterocycles. The first kappa shape index (κ1) is 14.9. The number of carbonyl (C=O) groups is 1. The van der Waals surface area contributed by atoms with Crippen molar-refractivity contribution in [2.75, 3.05) is 4.72 Å². The van der Waals surface area contributed by atoms with Gasteiger partial charge in [-0.3, -0.25) is 4.72 Å². The number of hydrogen-bond donors (Lipinski definition) is 2. The highest BCUT2D eigenvalue weighted by Crippen LogP contribution is 2.19. The Kier molecular flexibility index (Phi) is 3.85. The summed E-state index contributed by atoms with van der Waals surface area (Å²) >= 11 is 0. The minimum Gasteiger partial charge on any atom is -0.478 e. The van der Waals surface area contributed by atoms with Crippen molar-refractivity contribution in [2.24, 2.45) is 0 Å². The van der Waals surface area contributed by atoms with Gasteiger partial charge in [0, 0.05) is 11.9 Å². The molecule has 1 aromatic carbocycles. The van der Waals surface area contributed by atoms with Gasteiger partial charge in [0.15, 0.2) is 5.82 Å². The van der Waals surface area contributed by atoms with Gasteiger partial charge in [0.25, 0.3) is 10.0 Å². The first-order chi connectivity index (χ1) is 9.81. The lowest BCUT2D eigenvalue weighted by atomic mass is 10.2. The Balaban J connectivity index is 2.40. The molecule has 6 nitrogen and oxygen atoms in total. The van der Waals surface area contributed by atoms with Gasteiger partial charge in [-0.2, -0.15) is 8.42 Å². The summed E-state index contributed by atoms with van der Waals surface area (Å²) in [5.74, 6) is -3.64. The molecule has 0 saturated carbocycles. The molecule has 0 unspecified atom stereocenters. The fourth-order valence-corrected chi connectivity index (χ4v) is 2.58. The highest BCUT2D eigenvalue weighted by molar-refractivity contribution is 7.92. The first-order valence-electron chi connectivity index (χ1n) is 5.47. The van der Waals surface area contributed by atoms with Gasteiger partial charge >= 0.3 is 5.97 Å². The number of carboxylic acids is 1. The summed E-state index contributed by atoms with van der Waals surface area (Å²) in [6.45, 7) is 0. The number of carboxylic acid groups (broad SMARTS) is 1. The topological polar surface area (TPSA) is 96.4 Å². The number of aromatic carboxylic acids is 1. The van der Waals surface area contributed by atoms with Crippen molar-refractivity contribution in [2.45, 2.75) is 5.03 Å². The quantitative estimate of drug-likeness (QED) is 0.898. The molecule has 21 heavy (non-hydrogen) atoms. The molecule has 0 radical (unpaired) electrons. The zero-order valence-corrected chi connectivity index (χ0v) is 11.1. The van der Waals surface area contributed by atoms with Crippen LogP contribution >= 0.6 is 0 Å². The van der Waals surface area contributed by atoms with Crippen molar-refractivity contribution >= 4 is 21.7 Å². The van der Waals surface area contributed by atoms with Crippen LogP contribution in [0, 0.1) is 11.6 Å². The maximum absolute atomic E-state index is 13.4. The largest absolute Gasteiger partial charge is 0.478 e. The van der Waals surface area contributed by atoms with Crippen LogP contribution in [0.25, 0.3) is 0 Å². The van der Waals surface area contributed by atoms with Crippen LogP contribution in [0.4, 0.5) is 14.5 Å². The summed E-state index contributed by atoms with van der Waals surface area (Å²) in [6.07, 6.45) is 1.09. The van der Waals surface area contributed by atoms with Gasteiger partial charge in [0.05, 0.1) is 5.56 Å². The van der Waals surface area contributed by atoms with Crippen molar-refractivity contribution in [1.82, 2.24) is 4.98 Å². The van der Waals surface area contributed by atoms with E-state index in [1.807, 2.05) is 4.72 Å². The van der Waals surface area contributed by atoms with E-state index in [4.69, 9.17) is 5.11 Å². The molecule has 0 atom stereocenters. The minimum absolute atomic E-state index is 0.223. The van der Waals surface area contributed by atoms with Crippen LogP contribution in [0.1, 0.15) is 10.4 Å². The second kappa shape index (κ2) is 5.44. The predicted molar refractivity (Wildman–Crippen MR) is 68.4 cm³/mol. The third kappa shape index (κ3) is 3.14. The van der Waals surface area contributed by atoms with E-state index in [1.165, 1.54) is 6.07 Å². The normalized spacial score (nSPS) is 11.1. The van der Waals surface area contributed by atoms with Gasteiger partial charge in [-0.15, -0.1) is 0 Å². The Hall–Kier alpha value is -2.55. The van der Waals surface area contributed by atoms with E-state index in [1.54, 1.807) is 0 Å². The molecular weight excluding hydrogens is 306 g/mol. The fraction of sp³-hybridized carbons (Fsp3) is 0. The van der Waals surface area contributed by atoms with Gasteiger partial charge in [0.1, 0.15) is 5.82 Å². The number of sulfonamides is 1. The SMILES string of the molecule is O=C(O)c1cc(NS(=O)(=O)c2ncccc2F)ccc1F. The molecule has 2 rings (SSSR count). The van der Waals surface area contributed by atoms with Crippen LogP contribution in [-0.2, 0) is 10.0 Å². The van der Waals surface area contributed by atoms with E-state index in [-0.39, 0.29) is 5.69 Å². The van der Waals surface area contributed by atoms with Gasteiger partial charge in [-0.1, -0.05) is 0 Å². The molecule has 0 spiro atoms. The molecule has 9 heteroatoms. The van der Waals surface area contributed by atoms with Gasteiger partial charge < -0.3 is 5.11 Å². The standard InChI is InChI=1S/C12H8F2N2O4S/c13-9-4-3-7(6-8(9)12(17)18)16-21(19,20)11-10(14)2-1-5-15-11/h1-6,16H,(H,17,18). The van der Waals surface area contributed by atoms with E-state index in [9.17, 15) is 22.0 Å². The van der Waals surface area contributed by atoms with Crippen molar-refractivity contribution in [1.29, 1.82) is 0 Å². The average Bonchev–Trinajstić information content (AvgIpc) is 2.40. The summed E-state index contributed by atoms with van der Waals surface area (Å²) in [6, 6.07) is 4.72. The Morgan fingerprint density at radius 2 is 1.90 bits per heavy atom. The van der Waals surface area contributed by atoms with Gasteiger partial charge in [0.2, 0.25) is 5.03 Å². The molecule has 110 valence electrons. The molecule has 1 aromatic heterocycles. The maximum atomic E-state index is 13.4. The first-order valence-corrected chi connectivity index (χ1v) is 6.96. The maximum Gasteiger partial charge on any atom is 0.338 e. The van der Waals surface area contributed by atoms with Crippen LogP contribution in [0.2, 0.25) is 0 Å². The number of pyridine rings is 1. The second-order valence-electron chi connectivity index (χ2n) is 3.90. The number of hydrogen-bond acceptors (Lipinski definition) is 4. The number of benzene rings is 1. The number of rotatable bonds is 4. The lowest BCUT2D eigenvalue weighted by Gasteiger charge is -2.08. The third-order valence-corrected chi connectivity index (χ3v) is 3.74. The molecule has 0 amide bonds. The van der Waals surface area contributed by atoms with E-state index in [0.717, 1.165) is 30.5 Å². The number of aromatic nitrogens is 1. The zero-order valence-electron chi connectivity index (χ0n) is 10.2. The summed E-state index contributed by atoms with van der Waals surface area (Å²) in [5, 5.41) is 7.92. The molecule has 0 aliphatic carbocycles. The van der Waals surface area contributed by atoms with Crippen LogP contribution < -0.4 is 4.72 Å². The molecule has 0 fully saturated rings. The van der Waals surface area contributed by atoms with Crippen LogP contribution in [0.3, 0.4) is 0 Å². The van der Waals surface area contributed by atoms with Crippen LogP contribution in [0.15, 0.2) is 41.6 Å². The monoisotopic (exact) mass is 314 g/mol. The second-order valence-corrected chi connectivity index (χ2v) is 5.49. The third-order valence-electron chi connectivity index (χ3n) is 2.43. The smallest absolute Gasteiger partial charge is 0.338 e. The van der Waals surface area contributed by atoms with Crippen molar-refractivity contribution in [3.05, 3.63) is 53.7 Å². The lowest BCUT2D eigenvalue weighted by molar-refractivity contribution is 0.0692. The molecule has 0 bridgehead atoms. The summed E-state index contributed by atoms with van der Waals surface area (Å²) < 4.78 is 52.4. The van der Waals surface area contributed by atoms with E-state index >= 15 is 0 Å². The van der Waals surface area contributed by atoms with E-state index in [2.05, 4.69) is 4.98 Å². The summed E-state index contributed by atoms with van der Waals surface area (Å²) in [7, 11) is -4.35. The number of nitrogens with zero attached hydrogens (tertiary/aromatic N) is 1. The Morgan fingerprint density at radius 3 is 2.52 bits per heavy atom. The molecule has 1 heterocycles. The van der Waals surface area contributed by atoms with Crippen LogP contribution in [-0.4, -0.2) is 24.5 Å². The fourth-order valence-electron chi connectivity index (χ4n) is 1.53. The number of nitrogens with one attached hydrogen (secondary N) is 1. The number of halogens is 2. The van der Waals surface area contributed by atoms with Crippen LogP contribution in [0.5, 0.6) is 0 Å². The number of anilines is 1. The predicted octanol–water partition coefficient (Wildman–Crippen LogP) is 1.86. The zero-order chi connectivity index (χ0) is 15.6. The minimum atomic E-state index is -4.35. The Morgan fingerprint density at radius 1 is 1.19 bits per heavy atom. The highest BCUT2D eigenvalue weighted by atomic mass is 32.2. The molecule has 0 saturated heterocycles. The van der Waals surface area contributed by atoms with Gasteiger partial charge in [-0.05, 0) is 30.3 Å². The lowest BCUT2D eigenvalue weighted by Crippen LogP contribution is -2.16. The van der Waals surface area contributed by atoms with Crippen molar-refractivity contribution < 1.29 is 27.1 Å².